The van der Waals surface area contributed by atoms with Crippen molar-refractivity contribution >= 4 is 15.2 Å². The molecule has 0 fully saturated rings. The van der Waals surface area contributed by atoms with Gasteiger partial charge in [0.25, 0.3) is 11.1 Å². The van der Waals surface area contributed by atoms with Crippen LogP contribution in [0, 0.1) is 13.8 Å². The smallest absolute Gasteiger partial charge is 0.356 e. The molecule has 4 rings (SSSR count). The normalized spacial score (nSPS) is 18.5. The maximum absolute atomic E-state index is 12.3. The Morgan fingerprint density at radius 1 is 0.812 bits per heavy atom. The van der Waals surface area contributed by atoms with Gasteiger partial charge < -0.3 is 37.4 Å². The summed E-state index contributed by atoms with van der Waals surface area (Å²) in [5, 5.41) is 8.53. The lowest BCUT2D eigenvalue weighted by atomic mass is 10.3. The molecule has 2 aromatic heterocycles. The van der Waals surface area contributed by atoms with Crippen LogP contribution in [-0.2, 0) is 41.4 Å². The third kappa shape index (κ3) is 12.4. The minimum absolute atomic E-state index is 0.233. The summed E-state index contributed by atoms with van der Waals surface area (Å²) in [6.07, 6.45) is 7.47. The van der Waals surface area contributed by atoms with Gasteiger partial charge in [-0.1, -0.05) is 0 Å². The van der Waals surface area contributed by atoms with E-state index < -0.39 is 51.0 Å². The molecule has 0 saturated heterocycles. The Morgan fingerprint density at radius 2 is 1.31 bits per heavy atom. The highest BCUT2D eigenvalue weighted by Crippen LogP contribution is 2.48. The van der Waals surface area contributed by atoms with Crippen LogP contribution in [0.2, 0.25) is 0 Å². The van der Waals surface area contributed by atoms with Gasteiger partial charge in [-0.3, -0.25) is 37.8 Å². The third-order valence-corrected chi connectivity index (χ3v) is 9.54. The van der Waals surface area contributed by atoms with Crippen LogP contribution < -0.4 is 22.5 Å². The van der Waals surface area contributed by atoms with Gasteiger partial charge in [-0.25, -0.2) is 9.59 Å². The van der Waals surface area contributed by atoms with E-state index in [1.807, 2.05) is 6.08 Å². The molecule has 0 amide bonds. The molecule has 3 unspecified atom stereocenters. The highest BCUT2D eigenvalue weighted by atomic mass is 31.2. The lowest BCUT2D eigenvalue weighted by molar-refractivity contribution is -0.128. The minimum atomic E-state index is -3.34. The third-order valence-electron chi connectivity index (χ3n) is 6.13. The van der Waals surface area contributed by atoms with Crippen molar-refractivity contribution in [1.29, 1.82) is 0 Å². The Balaban J connectivity index is 0.000000281. The molecule has 3 N–H and O–H groups in total. The molecule has 0 aliphatic carbocycles. The first-order valence-corrected chi connectivity index (χ1v) is 18.5. The number of H-pyrrole nitrogens is 2. The van der Waals surface area contributed by atoms with E-state index in [9.17, 15) is 28.3 Å². The lowest BCUT2D eigenvalue weighted by Gasteiger charge is -2.20. The number of ether oxygens (including phenoxy) is 3. The van der Waals surface area contributed by atoms with E-state index in [1.54, 1.807) is 60.0 Å². The number of aliphatic hydroxyl groups is 1. The number of nitrogens with zero attached hydrogens (tertiary/aromatic N) is 2. The fourth-order valence-corrected chi connectivity index (χ4v) is 6.34. The number of aromatic amines is 2. The number of aryl methyl sites for hydroxylation is 2. The number of aliphatic hydroxyl groups excluding tert-OH is 1. The van der Waals surface area contributed by atoms with Crippen LogP contribution in [0.25, 0.3) is 0 Å². The van der Waals surface area contributed by atoms with Gasteiger partial charge in [-0.2, -0.15) is 0 Å². The molecular formula is C28H44N4O14P2. The van der Waals surface area contributed by atoms with Crippen molar-refractivity contribution in [1.82, 2.24) is 19.1 Å². The first-order chi connectivity index (χ1) is 22.7. The molecule has 18 nitrogen and oxygen atoms in total. The molecule has 0 radical (unpaired) electrons. The van der Waals surface area contributed by atoms with E-state index in [-0.39, 0.29) is 44.6 Å². The SMILES string of the molecule is CCOP(=O)(CO)OCC.CCOP(=O)(COC1C=CC(n2cc(C)c(=O)[nH]c2=O)O1)OCC.Cc1cn(C2CC=CO2)c(=O)[nH]c1=O. The van der Waals surface area contributed by atoms with E-state index in [0.717, 1.165) is 0 Å². The molecule has 4 heterocycles. The molecule has 0 spiro atoms. The summed E-state index contributed by atoms with van der Waals surface area (Å²) >= 11 is 0. The van der Waals surface area contributed by atoms with E-state index in [2.05, 4.69) is 9.97 Å². The van der Waals surface area contributed by atoms with Crippen LogP contribution in [-0.4, -0.2) is 69.6 Å². The van der Waals surface area contributed by atoms with Crippen molar-refractivity contribution in [3.63, 3.8) is 0 Å². The van der Waals surface area contributed by atoms with Gasteiger partial charge in [0.1, 0.15) is 6.35 Å². The summed E-state index contributed by atoms with van der Waals surface area (Å²) in [7, 11) is -6.48. The van der Waals surface area contributed by atoms with Crippen molar-refractivity contribution < 1.29 is 46.5 Å². The fourth-order valence-electron chi connectivity index (χ4n) is 3.98. The summed E-state index contributed by atoms with van der Waals surface area (Å²) in [5.41, 5.74) is -0.935. The molecule has 3 atom stereocenters. The maximum atomic E-state index is 12.3. The second kappa shape index (κ2) is 19.7. The number of rotatable bonds is 14. The first kappa shape index (κ1) is 41.0. The van der Waals surface area contributed by atoms with E-state index >= 15 is 0 Å². The van der Waals surface area contributed by atoms with Gasteiger partial charge in [-0.15, -0.1) is 0 Å². The van der Waals surface area contributed by atoms with Gasteiger partial charge in [-0.05, 0) is 59.8 Å². The summed E-state index contributed by atoms with van der Waals surface area (Å²) in [6, 6.07) is 0. The van der Waals surface area contributed by atoms with Crippen LogP contribution in [0.4, 0.5) is 0 Å². The Kier molecular flexibility index (Phi) is 16.8. The molecule has 0 aromatic carbocycles. The zero-order valence-corrected chi connectivity index (χ0v) is 29.5. The van der Waals surface area contributed by atoms with Crippen molar-refractivity contribution in [2.75, 3.05) is 39.1 Å². The van der Waals surface area contributed by atoms with E-state index in [4.69, 9.17) is 37.4 Å². The average molecular weight is 723 g/mol. The number of hydrogen-bond donors (Lipinski definition) is 3. The topological polar surface area (TPSA) is 229 Å². The zero-order valence-electron chi connectivity index (χ0n) is 27.7. The minimum Gasteiger partial charge on any atom is -0.478 e. The summed E-state index contributed by atoms with van der Waals surface area (Å²) in [4.78, 5) is 50.1. The zero-order chi connectivity index (χ0) is 35.9. The number of hydrogen-bond acceptors (Lipinski definition) is 14. The predicted molar refractivity (Wildman–Crippen MR) is 174 cm³/mol. The van der Waals surface area contributed by atoms with E-state index in [1.165, 1.54) is 21.5 Å². The van der Waals surface area contributed by atoms with Gasteiger partial charge in [0, 0.05) is 29.9 Å². The first-order valence-electron chi connectivity index (χ1n) is 15.0. The Morgan fingerprint density at radius 3 is 1.79 bits per heavy atom. The summed E-state index contributed by atoms with van der Waals surface area (Å²) < 4.78 is 61.8. The van der Waals surface area contributed by atoms with Gasteiger partial charge >= 0.3 is 26.6 Å². The summed E-state index contributed by atoms with van der Waals surface area (Å²) in [5.74, 6) is 0. The quantitative estimate of drug-likeness (QED) is 0.188. The molecular weight excluding hydrogens is 678 g/mol. The van der Waals surface area contributed by atoms with Crippen molar-refractivity contribution in [2.24, 2.45) is 0 Å². The second-order valence-corrected chi connectivity index (χ2v) is 13.8. The molecule has 270 valence electrons. The highest BCUT2D eigenvalue weighted by molar-refractivity contribution is 7.53. The molecule has 2 aliphatic rings. The lowest BCUT2D eigenvalue weighted by Crippen LogP contribution is -2.33. The average Bonchev–Trinajstić information content (AvgIpc) is 3.74. The van der Waals surface area contributed by atoms with Gasteiger partial charge in [0.15, 0.2) is 25.1 Å². The second-order valence-electron chi connectivity index (χ2n) is 9.77. The fraction of sp³-hybridized carbons (Fsp3) is 0.571. The largest absolute Gasteiger partial charge is 0.478 e. The van der Waals surface area contributed by atoms with Crippen molar-refractivity contribution in [3.05, 3.63) is 89.7 Å². The predicted octanol–water partition coefficient (Wildman–Crippen LogP) is 2.98. The van der Waals surface area contributed by atoms with Crippen LogP contribution in [0.15, 0.2) is 56.1 Å². The molecule has 0 bridgehead atoms. The van der Waals surface area contributed by atoms with Crippen molar-refractivity contribution in [2.45, 2.75) is 66.7 Å². The molecule has 0 saturated carbocycles. The van der Waals surface area contributed by atoms with Gasteiger partial charge in [0.05, 0.1) is 32.7 Å². The van der Waals surface area contributed by atoms with Crippen molar-refractivity contribution in [3.8, 4) is 0 Å². The molecule has 20 heteroatoms. The molecule has 48 heavy (non-hydrogen) atoms. The van der Waals surface area contributed by atoms with Crippen LogP contribution in [0.5, 0.6) is 0 Å². The highest BCUT2D eigenvalue weighted by Gasteiger charge is 2.29. The van der Waals surface area contributed by atoms with Crippen LogP contribution in [0.3, 0.4) is 0 Å². The number of aromatic nitrogens is 4. The Hall–Kier alpha value is -3.18. The van der Waals surface area contributed by atoms with Crippen LogP contribution in [0.1, 0.15) is 57.7 Å². The number of nitrogens with one attached hydrogen (secondary N) is 2. The molecule has 2 aromatic rings. The summed E-state index contributed by atoms with van der Waals surface area (Å²) in [6.45, 7) is 11.1. The Bertz CT molecular complexity index is 1680. The maximum Gasteiger partial charge on any atom is 0.356 e. The standard InChI is InChI=1S/C14H21N2O7P.C9H10N2O3.C5H13O4P/c1-4-21-24(19,22-5-2)9-20-12-7-6-11(23-12)16-8-10(3)13(17)15-14(16)18;1-6-5-11(7-3-2-4-14-7)9(13)10-8(6)12;1-3-8-10(7,5-6)9-4-2/h6-8,11-12H,4-5,9H2,1-3H3,(H,15,17,18);2,4-5,7H,3H2,1H3,(H,10,12,13);6H,3-5H2,1-2H3. The van der Waals surface area contributed by atoms with Gasteiger partial charge in [0.2, 0.25) is 0 Å². The molecule has 2 aliphatic heterocycles. The van der Waals surface area contributed by atoms with Crippen LogP contribution >= 0.6 is 15.2 Å². The van der Waals surface area contributed by atoms with E-state index in [0.29, 0.717) is 17.5 Å². The Labute approximate surface area is 276 Å². The monoisotopic (exact) mass is 722 g/mol.